The van der Waals surface area contributed by atoms with Crippen LogP contribution < -0.4 is 0 Å². The number of halogens is 1. The third-order valence-electron chi connectivity index (χ3n) is 2.40. The fourth-order valence-electron chi connectivity index (χ4n) is 1.67. The molecule has 0 aliphatic rings. The first-order valence-corrected chi connectivity index (χ1v) is 6.24. The summed E-state index contributed by atoms with van der Waals surface area (Å²) in [7, 11) is 0. The highest BCUT2D eigenvalue weighted by Crippen LogP contribution is 2.19. The van der Waals surface area contributed by atoms with Crippen molar-refractivity contribution < 1.29 is 0 Å². The van der Waals surface area contributed by atoms with Gasteiger partial charge in [-0.1, -0.05) is 70.5 Å². The van der Waals surface area contributed by atoms with Crippen molar-refractivity contribution in [3.63, 3.8) is 0 Å². The first kappa shape index (κ1) is 10.4. The van der Waals surface area contributed by atoms with E-state index in [0.29, 0.717) is 0 Å². The first-order valence-electron chi connectivity index (χ1n) is 5.12. The topological polar surface area (TPSA) is 0 Å². The highest BCUT2D eigenvalue weighted by Gasteiger charge is 1.95. The molecule has 0 aliphatic carbocycles. The summed E-state index contributed by atoms with van der Waals surface area (Å²) in [6.07, 6.45) is 5.48. The molecule has 1 heteroatoms. The number of benzene rings is 2. The Morgan fingerprint density at radius 3 is 2.67 bits per heavy atom. The monoisotopic (exact) mass is 260 g/mol. The second kappa shape index (κ2) is 5.13. The zero-order chi connectivity index (χ0) is 10.5. The van der Waals surface area contributed by atoms with Gasteiger partial charge in [0.1, 0.15) is 0 Å². The van der Waals surface area contributed by atoms with E-state index in [2.05, 4.69) is 70.5 Å². The lowest BCUT2D eigenvalue weighted by molar-refractivity contribution is 1.27. The number of hydrogen-bond acceptors (Lipinski definition) is 0. The average Bonchev–Trinajstić information content (AvgIpc) is 2.30. The summed E-state index contributed by atoms with van der Waals surface area (Å²) in [4.78, 5) is 0. The van der Waals surface area contributed by atoms with Gasteiger partial charge in [-0.3, -0.25) is 0 Å². The summed E-state index contributed by atoms with van der Waals surface area (Å²) >= 11 is 3.42. The van der Waals surface area contributed by atoms with Crippen LogP contribution in [-0.2, 0) is 0 Å². The SMILES string of the molecule is BrCCC=Cc1cccc2ccccc12. The van der Waals surface area contributed by atoms with E-state index in [-0.39, 0.29) is 0 Å². The quantitative estimate of drug-likeness (QED) is 0.706. The van der Waals surface area contributed by atoms with Crippen molar-refractivity contribution in [1.29, 1.82) is 0 Å². The number of hydrogen-bond donors (Lipinski definition) is 0. The minimum atomic E-state index is 1.02. The molecule has 0 aromatic heterocycles. The lowest BCUT2D eigenvalue weighted by Crippen LogP contribution is -1.77. The van der Waals surface area contributed by atoms with Crippen molar-refractivity contribution in [2.75, 3.05) is 5.33 Å². The smallest absolute Gasteiger partial charge is 0.00660 e. The Labute approximate surface area is 98.8 Å². The number of alkyl halides is 1. The maximum Gasteiger partial charge on any atom is 0.00660 e. The molecule has 0 bridgehead atoms. The molecule has 0 unspecified atom stereocenters. The van der Waals surface area contributed by atoms with Crippen molar-refractivity contribution in [3.05, 3.63) is 54.1 Å². The molecule has 2 aromatic rings. The van der Waals surface area contributed by atoms with Gasteiger partial charge in [0, 0.05) is 5.33 Å². The van der Waals surface area contributed by atoms with Crippen LogP contribution in [-0.4, -0.2) is 5.33 Å². The maximum absolute atomic E-state index is 3.42. The lowest BCUT2D eigenvalue weighted by atomic mass is 10.0. The first-order chi connectivity index (χ1) is 7.42. The predicted molar refractivity (Wildman–Crippen MR) is 71.4 cm³/mol. The van der Waals surface area contributed by atoms with Gasteiger partial charge in [0.2, 0.25) is 0 Å². The van der Waals surface area contributed by atoms with Crippen LogP contribution in [0.2, 0.25) is 0 Å². The highest BCUT2D eigenvalue weighted by molar-refractivity contribution is 9.09. The van der Waals surface area contributed by atoms with Gasteiger partial charge in [0.25, 0.3) is 0 Å². The maximum atomic E-state index is 3.42. The van der Waals surface area contributed by atoms with Crippen LogP contribution in [0.1, 0.15) is 12.0 Å². The predicted octanol–water partition coefficient (Wildman–Crippen LogP) is 4.64. The summed E-state index contributed by atoms with van der Waals surface area (Å²) in [6.45, 7) is 0. The summed E-state index contributed by atoms with van der Waals surface area (Å²) < 4.78 is 0. The molecule has 2 rings (SSSR count). The van der Waals surface area contributed by atoms with Crippen LogP contribution in [0.4, 0.5) is 0 Å². The van der Waals surface area contributed by atoms with E-state index in [4.69, 9.17) is 0 Å². The molecule has 0 radical (unpaired) electrons. The van der Waals surface area contributed by atoms with Crippen LogP contribution >= 0.6 is 15.9 Å². The summed E-state index contributed by atoms with van der Waals surface area (Å²) in [5.74, 6) is 0. The summed E-state index contributed by atoms with van der Waals surface area (Å²) in [5.41, 5.74) is 1.30. The fraction of sp³-hybridized carbons (Fsp3) is 0.143. The van der Waals surface area contributed by atoms with Gasteiger partial charge in [-0.25, -0.2) is 0 Å². The van der Waals surface area contributed by atoms with Crippen LogP contribution in [0, 0.1) is 0 Å². The van der Waals surface area contributed by atoms with Crippen LogP contribution in [0.25, 0.3) is 16.8 Å². The van der Waals surface area contributed by atoms with E-state index in [1.54, 1.807) is 0 Å². The van der Waals surface area contributed by atoms with E-state index in [1.165, 1.54) is 16.3 Å². The zero-order valence-electron chi connectivity index (χ0n) is 8.49. The number of allylic oxidation sites excluding steroid dienone is 1. The minimum absolute atomic E-state index is 1.02. The second-order valence-corrected chi connectivity index (χ2v) is 4.24. The molecule has 2 aromatic carbocycles. The standard InChI is InChI=1S/C14H13Br/c15-11-4-3-7-13-9-5-8-12-6-1-2-10-14(12)13/h1-3,5-10H,4,11H2. The normalized spacial score (nSPS) is 11.3. The van der Waals surface area contributed by atoms with Gasteiger partial charge in [-0.05, 0) is 22.8 Å². The molecule has 0 saturated carbocycles. The summed E-state index contributed by atoms with van der Waals surface area (Å²) in [6, 6.07) is 14.9. The van der Waals surface area contributed by atoms with Gasteiger partial charge in [-0.2, -0.15) is 0 Å². The Hall–Kier alpha value is -1.08. The van der Waals surface area contributed by atoms with Crippen molar-refractivity contribution in [2.24, 2.45) is 0 Å². The fourth-order valence-corrected chi connectivity index (χ4v) is 1.93. The van der Waals surface area contributed by atoms with E-state index >= 15 is 0 Å². The number of fused-ring (bicyclic) bond motifs is 1. The molecular weight excluding hydrogens is 248 g/mol. The highest BCUT2D eigenvalue weighted by atomic mass is 79.9. The molecule has 0 heterocycles. The van der Waals surface area contributed by atoms with Gasteiger partial charge in [-0.15, -0.1) is 0 Å². The van der Waals surface area contributed by atoms with E-state index in [1.807, 2.05) is 0 Å². The molecule has 0 spiro atoms. The number of rotatable bonds is 3. The van der Waals surface area contributed by atoms with Crippen LogP contribution in [0.15, 0.2) is 48.5 Å². The molecule has 0 aliphatic heterocycles. The average molecular weight is 261 g/mol. The van der Waals surface area contributed by atoms with Crippen molar-refractivity contribution in [2.45, 2.75) is 6.42 Å². The van der Waals surface area contributed by atoms with Gasteiger partial charge in [0.15, 0.2) is 0 Å². The Kier molecular flexibility index (Phi) is 3.57. The Morgan fingerprint density at radius 1 is 1.00 bits per heavy atom. The van der Waals surface area contributed by atoms with Crippen molar-refractivity contribution >= 4 is 32.8 Å². The largest absolute Gasteiger partial charge is 0.0925 e. The van der Waals surface area contributed by atoms with E-state index in [9.17, 15) is 0 Å². The molecule has 76 valence electrons. The Morgan fingerprint density at radius 2 is 1.80 bits per heavy atom. The van der Waals surface area contributed by atoms with Crippen molar-refractivity contribution in [1.82, 2.24) is 0 Å². The molecule has 0 nitrogen and oxygen atoms in total. The van der Waals surface area contributed by atoms with Gasteiger partial charge >= 0.3 is 0 Å². The van der Waals surface area contributed by atoms with Crippen molar-refractivity contribution in [3.8, 4) is 0 Å². The molecule has 15 heavy (non-hydrogen) atoms. The van der Waals surface area contributed by atoms with Gasteiger partial charge in [0.05, 0.1) is 0 Å². The third-order valence-corrected chi connectivity index (χ3v) is 2.85. The van der Waals surface area contributed by atoms with Crippen LogP contribution in [0.3, 0.4) is 0 Å². The molecule has 0 fully saturated rings. The summed E-state index contributed by atoms with van der Waals surface area (Å²) in [5, 5.41) is 3.65. The van der Waals surface area contributed by atoms with E-state index in [0.717, 1.165) is 11.8 Å². The second-order valence-electron chi connectivity index (χ2n) is 3.45. The third kappa shape index (κ3) is 2.48. The van der Waals surface area contributed by atoms with Gasteiger partial charge < -0.3 is 0 Å². The molecule has 0 N–H and O–H groups in total. The Balaban J connectivity index is 2.42. The molecule has 0 amide bonds. The van der Waals surface area contributed by atoms with Crippen LogP contribution in [0.5, 0.6) is 0 Å². The molecular formula is C14H13Br. The minimum Gasteiger partial charge on any atom is -0.0925 e. The molecule has 0 saturated heterocycles. The lowest BCUT2D eigenvalue weighted by Gasteiger charge is -2.01. The zero-order valence-corrected chi connectivity index (χ0v) is 10.1. The molecule has 0 atom stereocenters. The van der Waals surface area contributed by atoms with E-state index < -0.39 is 0 Å². The Bertz CT molecular complexity index is 466.